The summed E-state index contributed by atoms with van der Waals surface area (Å²) in [6, 6.07) is 18.1. The van der Waals surface area contributed by atoms with Crippen LogP contribution in [0.2, 0.25) is 0 Å². The number of unbranched alkanes of at least 4 members (excludes halogenated alkanes) is 1. The zero-order valence-electron chi connectivity index (χ0n) is 22.4. The Morgan fingerprint density at radius 1 is 1.07 bits per heavy atom. The molecule has 0 spiro atoms. The summed E-state index contributed by atoms with van der Waals surface area (Å²) >= 11 is 4.73. The molecule has 1 heterocycles. The van der Waals surface area contributed by atoms with Crippen molar-refractivity contribution in [2.24, 2.45) is 5.73 Å². The summed E-state index contributed by atoms with van der Waals surface area (Å²) in [7, 11) is 0. The molecule has 40 heavy (non-hydrogen) atoms. The van der Waals surface area contributed by atoms with Crippen LogP contribution in [-0.2, 0) is 6.42 Å². The molecular formula is C29H31F4N5OS. The molecule has 3 aromatic carbocycles. The fourth-order valence-electron chi connectivity index (χ4n) is 3.82. The topological polar surface area (TPSA) is 78.0 Å². The Hall–Kier alpha value is -3.99. The number of alkyl halides is 3. The second-order valence-electron chi connectivity index (χ2n) is 9.23. The minimum absolute atomic E-state index is 0.193. The Kier molecular flexibility index (Phi) is 10.6. The molecule has 212 valence electrons. The van der Waals surface area contributed by atoms with Gasteiger partial charge in [0.1, 0.15) is 17.9 Å². The molecule has 0 unspecified atom stereocenters. The van der Waals surface area contributed by atoms with E-state index in [9.17, 15) is 17.6 Å². The zero-order chi connectivity index (χ0) is 29.3. The van der Waals surface area contributed by atoms with Crippen molar-refractivity contribution in [1.82, 2.24) is 14.8 Å². The van der Waals surface area contributed by atoms with Crippen molar-refractivity contribution in [3.05, 3.63) is 90.0 Å². The molecular weight excluding hydrogens is 542 g/mol. The molecule has 0 saturated heterocycles. The van der Waals surface area contributed by atoms with Crippen molar-refractivity contribution in [2.75, 3.05) is 5.32 Å². The maximum Gasteiger partial charge on any atom is 0.573 e. The van der Waals surface area contributed by atoms with Crippen LogP contribution in [0.15, 0.2) is 73.1 Å². The van der Waals surface area contributed by atoms with Gasteiger partial charge < -0.3 is 15.8 Å². The third-order valence-corrected chi connectivity index (χ3v) is 5.83. The molecule has 3 N–H and O–H groups in total. The number of aromatic nitrogens is 3. The highest BCUT2D eigenvalue weighted by Crippen LogP contribution is 2.26. The predicted molar refractivity (Wildman–Crippen MR) is 153 cm³/mol. The number of aryl methyl sites for hydroxylation is 1. The number of anilines is 1. The van der Waals surface area contributed by atoms with Gasteiger partial charge in [0.25, 0.3) is 0 Å². The lowest BCUT2D eigenvalue weighted by molar-refractivity contribution is -0.274. The average Bonchev–Trinajstić information content (AvgIpc) is 3.39. The number of hydrogen-bond acceptors (Lipinski definition) is 4. The van der Waals surface area contributed by atoms with E-state index in [2.05, 4.69) is 39.2 Å². The molecule has 6 nitrogen and oxygen atoms in total. The molecule has 0 aliphatic carbocycles. The van der Waals surface area contributed by atoms with Crippen LogP contribution in [-0.4, -0.2) is 26.2 Å². The molecule has 4 rings (SSSR count). The van der Waals surface area contributed by atoms with Crippen molar-refractivity contribution in [2.45, 2.75) is 52.3 Å². The fourth-order valence-corrected chi connectivity index (χ4v) is 3.93. The summed E-state index contributed by atoms with van der Waals surface area (Å²) in [5, 5.41) is 7.44. The minimum Gasteiger partial charge on any atom is -0.406 e. The fraction of sp³-hybridized carbons (Fsp3) is 0.276. The predicted octanol–water partition coefficient (Wildman–Crippen LogP) is 7.78. The van der Waals surface area contributed by atoms with Crippen LogP contribution in [0.4, 0.5) is 23.2 Å². The number of benzene rings is 3. The lowest BCUT2D eigenvalue weighted by Gasteiger charge is -2.13. The lowest BCUT2D eigenvalue weighted by Crippen LogP contribution is -2.20. The Labute approximate surface area is 236 Å². The van der Waals surface area contributed by atoms with Gasteiger partial charge in [-0.25, -0.2) is 14.1 Å². The van der Waals surface area contributed by atoms with Gasteiger partial charge in [0.2, 0.25) is 0 Å². The number of ether oxygens (including phenoxy) is 1. The van der Waals surface area contributed by atoms with E-state index in [1.807, 2.05) is 26.0 Å². The third kappa shape index (κ3) is 9.33. The third-order valence-electron chi connectivity index (χ3n) is 5.72. The van der Waals surface area contributed by atoms with Crippen LogP contribution >= 0.6 is 12.2 Å². The van der Waals surface area contributed by atoms with E-state index < -0.39 is 6.36 Å². The van der Waals surface area contributed by atoms with Gasteiger partial charge in [0.05, 0.1) is 5.69 Å². The highest BCUT2D eigenvalue weighted by Gasteiger charge is 2.31. The molecule has 0 atom stereocenters. The number of thiocarbonyl (C=S) groups is 1. The quantitative estimate of drug-likeness (QED) is 0.166. The first-order valence-electron chi connectivity index (χ1n) is 12.7. The average molecular weight is 574 g/mol. The van der Waals surface area contributed by atoms with E-state index >= 15 is 0 Å². The molecule has 4 aromatic rings. The number of hydrogen-bond donors (Lipinski definition) is 2. The number of halogens is 4. The summed E-state index contributed by atoms with van der Waals surface area (Å²) in [5.41, 5.74) is 9.74. The normalized spacial score (nSPS) is 11.1. The largest absolute Gasteiger partial charge is 0.573 e. The summed E-state index contributed by atoms with van der Waals surface area (Å²) < 4.78 is 55.0. The van der Waals surface area contributed by atoms with Crippen molar-refractivity contribution < 1.29 is 22.3 Å². The second kappa shape index (κ2) is 13.9. The summed E-state index contributed by atoms with van der Waals surface area (Å²) in [5.74, 6) is 0.272. The van der Waals surface area contributed by atoms with Gasteiger partial charge in [-0.2, -0.15) is 0 Å². The molecule has 0 aliphatic rings. The molecule has 11 heteroatoms. The van der Waals surface area contributed by atoms with Gasteiger partial charge in [-0.3, -0.25) is 0 Å². The monoisotopic (exact) mass is 573 g/mol. The first-order valence-corrected chi connectivity index (χ1v) is 13.1. The number of nitrogens with zero attached hydrogens (tertiary/aromatic N) is 3. The van der Waals surface area contributed by atoms with E-state index in [0.717, 1.165) is 36.1 Å². The first-order chi connectivity index (χ1) is 18.9. The van der Waals surface area contributed by atoms with E-state index in [0.29, 0.717) is 11.5 Å². The Morgan fingerprint density at radius 2 is 1.80 bits per heavy atom. The van der Waals surface area contributed by atoms with Crippen LogP contribution in [0.3, 0.4) is 0 Å². The van der Waals surface area contributed by atoms with Crippen molar-refractivity contribution in [1.29, 1.82) is 0 Å². The number of rotatable bonds is 8. The van der Waals surface area contributed by atoms with E-state index in [4.69, 9.17) is 18.0 Å². The van der Waals surface area contributed by atoms with Crippen molar-refractivity contribution in [3.8, 4) is 22.8 Å². The SMILES string of the molecule is CC(C)c1cc(F)ccc1NC(N)=S.CCCCc1cccc(-c2ncn(-c3ccc(OC(F)(F)F)cc3)n2)c1. The van der Waals surface area contributed by atoms with Gasteiger partial charge in [-0.05, 0) is 90.6 Å². The molecule has 0 radical (unpaired) electrons. The molecule has 0 bridgehead atoms. The van der Waals surface area contributed by atoms with Gasteiger partial charge >= 0.3 is 6.36 Å². The summed E-state index contributed by atoms with van der Waals surface area (Å²) in [4.78, 5) is 4.31. The highest BCUT2D eigenvalue weighted by atomic mass is 32.1. The minimum atomic E-state index is -4.70. The molecule has 1 aromatic heterocycles. The van der Waals surface area contributed by atoms with E-state index in [-0.39, 0.29) is 22.6 Å². The molecule has 0 fully saturated rings. The first kappa shape index (κ1) is 30.6. The summed E-state index contributed by atoms with van der Waals surface area (Å²) in [6.45, 7) is 6.12. The van der Waals surface area contributed by atoms with Crippen LogP contribution in [0.25, 0.3) is 17.1 Å². The number of nitrogens with one attached hydrogen (secondary N) is 1. The standard InChI is InChI=1S/C19H18F3N3O.C10H13FN2S/c1-2-3-5-14-6-4-7-15(12-14)18-23-13-25(24-18)16-8-10-17(11-9-16)26-19(20,21)22;1-6(2)8-5-7(11)3-4-9(8)13-10(12)14/h4,6-13H,2-3,5H2,1H3;3-6H,1-2H3,(H3,12,13,14). The van der Waals surface area contributed by atoms with Gasteiger partial charge in [-0.15, -0.1) is 18.3 Å². The van der Waals surface area contributed by atoms with Crippen LogP contribution < -0.4 is 15.8 Å². The molecule has 0 saturated carbocycles. The molecule has 0 aliphatic heterocycles. The van der Waals surface area contributed by atoms with Crippen molar-refractivity contribution in [3.63, 3.8) is 0 Å². The highest BCUT2D eigenvalue weighted by molar-refractivity contribution is 7.80. The van der Waals surface area contributed by atoms with E-state index in [1.54, 1.807) is 6.07 Å². The van der Waals surface area contributed by atoms with Gasteiger partial charge in [0.15, 0.2) is 10.9 Å². The zero-order valence-corrected chi connectivity index (χ0v) is 23.2. The van der Waals surface area contributed by atoms with Crippen LogP contribution in [0.1, 0.15) is 50.7 Å². The summed E-state index contributed by atoms with van der Waals surface area (Å²) in [6.07, 6.45) is 0.0902. The van der Waals surface area contributed by atoms with Gasteiger partial charge in [0, 0.05) is 11.3 Å². The van der Waals surface area contributed by atoms with Crippen molar-refractivity contribution >= 4 is 23.0 Å². The van der Waals surface area contributed by atoms with Gasteiger partial charge in [-0.1, -0.05) is 45.4 Å². The molecule has 0 amide bonds. The van der Waals surface area contributed by atoms with Crippen LogP contribution in [0.5, 0.6) is 5.75 Å². The Morgan fingerprint density at radius 3 is 2.42 bits per heavy atom. The van der Waals surface area contributed by atoms with Crippen LogP contribution in [0, 0.1) is 5.82 Å². The number of nitrogens with two attached hydrogens (primary N) is 1. The smallest absolute Gasteiger partial charge is 0.406 e. The Balaban J connectivity index is 0.000000267. The lowest BCUT2D eigenvalue weighted by atomic mass is 10.0. The second-order valence-corrected chi connectivity index (χ2v) is 9.67. The maximum atomic E-state index is 13.0. The maximum absolute atomic E-state index is 13.0. The van der Waals surface area contributed by atoms with E-state index in [1.165, 1.54) is 53.0 Å². The Bertz CT molecular complexity index is 1400.